The van der Waals surface area contributed by atoms with E-state index in [-0.39, 0.29) is 18.4 Å². The Morgan fingerprint density at radius 2 is 1.84 bits per heavy atom. The Morgan fingerprint density at radius 3 is 2.56 bits per heavy atom. The predicted molar refractivity (Wildman–Crippen MR) is 95.4 cm³/mol. The molecule has 132 valence electrons. The molecule has 1 heterocycles. The Bertz CT molecular complexity index is 759. The molecule has 1 aromatic heterocycles. The second kappa shape index (κ2) is 8.82. The highest BCUT2D eigenvalue weighted by atomic mass is 16.5. The van der Waals surface area contributed by atoms with Crippen molar-refractivity contribution in [1.29, 1.82) is 0 Å². The first-order chi connectivity index (χ1) is 12.0. The maximum Gasteiger partial charge on any atom is 0.239 e. The van der Waals surface area contributed by atoms with E-state index in [0.29, 0.717) is 18.8 Å². The van der Waals surface area contributed by atoms with Gasteiger partial charge in [0, 0.05) is 25.2 Å². The lowest BCUT2D eigenvalue weighted by Crippen LogP contribution is -2.36. The smallest absolute Gasteiger partial charge is 0.239 e. The van der Waals surface area contributed by atoms with Crippen LogP contribution in [0.15, 0.2) is 36.5 Å². The molecule has 2 rings (SSSR count). The molecule has 0 spiro atoms. The van der Waals surface area contributed by atoms with E-state index in [4.69, 9.17) is 4.74 Å². The lowest BCUT2D eigenvalue weighted by atomic mass is 10.1. The average molecular weight is 341 g/mol. The van der Waals surface area contributed by atoms with Gasteiger partial charge in [-0.05, 0) is 48.7 Å². The number of hydrogen-bond donors (Lipinski definition) is 2. The standard InChI is InChI=1S/C19H23N3O3/c1-4-17(23)22-12-18(24)21-11-15-7-8-20-19(10-15)25-16-6-5-13(2)14(3)9-16/h5-10H,4,11-12H2,1-3H3,(H,21,24)(H,22,23). The average Bonchev–Trinajstić information content (AvgIpc) is 2.61. The molecule has 0 bridgehead atoms. The van der Waals surface area contributed by atoms with Crippen LogP contribution in [0.4, 0.5) is 0 Å². The molecular formula is C19H23N3O3. The third-order valence-electron chi connectivity index (χ3n) is 3.76. The molecule has 2 N–H and O–H groups in total. The number of amides is 2. The van der Waals surface area contributed by atoms with Crippen LogP contribution in [0.25, 0.3) is 0 Å². The molecule has 0 aliphatic carbocycles. The molecular weight excluding hydrogens is 318 g/mol. The number of carbonyl (C=O) groups is 2. The predicted octanol–water partition coefficient (Wildman–Crippen LogP) is 2.63. The van der Waals surface area contributed by atoms with Crippen LogP contribution in [-0.2, 0) is 16.1 Å². The maximum absolute atomic E-state index is 11.7. The zero-order chi connectivity index (χ0) is 18.2. The van der Waals surface area contributed by atoms with E-state index < -0.39 is 0 Å². The number of pyridine rings is 1. The van der Waals surface area contributed by atoms with Gasteiger partial charge in [-0.3, -0.25) is 9.59 Å². The number of hydrogen-bond acceptors (Lipinski definition) is 4. The van der Waals surface area contributed by atoms with Gasteiger partial charge < -0.3 is 15.4 Å². The molecule has 2 aromatic rings. The Kier molecular flexibility index (Phi) is 6.51. The van der Waals surface area contributed by atoms with Crippen LogP contribution in [0.3, 0.4) is 0 Å². The van der Waals surface area contributed by atoms with Gasteiger partial charge in [0.25, 0.3) is 0 Å². The Labute approximate surface area is 147 Å². The van der Waals surface area contributed by atoms with Gasteiger partial charge in [0.05, 0.1) is 6.54 Å². The number of nitrogens with zero attached hydrogens (tertiary/aromatic N) is 1. The molecule has 0 radical (unpaired) electrons. The summed E-state index contributed by atoms with van der Waals surface area (Å²) in [6.45, 7) is 6.13. The zero-order valence-electron chi connectivity index (χ0n) is 14.8. The lowest BCUT2D eigenvalue weighted by molar-refractivity contribution is -0.126. The van der Waals surface area contributed by atoms with E-state index in [9.17, 15) is 9.59 Å². The van der Waals surface area contributed by atoms with Crippen LogP contribution in [0, 0.1) is 13.8 Å². The fourth-order valence-corrected chi connectivity index (χ4v) is 2.08. The Morgan fingerprint density at radius 1 is 1.04 bits per heavy atom. The molecule has 1 aromatic carbocycles. The van der Waals surface area contributed by atoms with Gasteiger partial charge in [0.15, 0.2) is 0 Å². The lowest BCUT2D eigenvalue weighted by Gasteiger charge is -2.09. The van der Waals surface area contributed by atoms with E-state index >= 15 is 0 Å². The van der Waals surface area contributed by atoms with Gasteiger partial charge in [-0.25, -0.2) is 4.98 Å². The molecule has 0 saturated carbocycles. The van der Waals surface area contributed by atoms with Crippen molar-refractivity contribution in [2.75, 3.05) is 6.54 Å². The Hall–Kier alpha value is -2.89. The van der Waals surface area contributed by atoms with E-state index in [1.807, 2.05) is 32.0 Å². The summed E-state index contributed by atoms with van der Waals surface area (Å²) in [6, 6.07) is 9.44. The van der Waals surface area contributed by atoms with Crippen LogP contribution in [-0.4, -0.2) is 23.3 Å². The topological polar surface area (TPSA) is 80.3 Å². The van der Waals surface area contributed by atoms with Crippen LogP contribution in [0.1, 0.15) is 30.0 Å². The fourth-order valence-electron chi connectivity index (χ4n) is 2.08. The van der Waals surface area contributed by atoms with Crippen molar-refractivity contribution in [1.82, 2.24) is 15.6 Å². The summed E-state index contributed by atoms with van der Waals surface area (Å²) in [6.07, 6.45) is 1.99. The largest absolute Gasteiger partial charge is 0.439 e. The van der Waals surface area contributed by atoms with Crippen molar-refractivity contribution in [3.8, 4) is 11.6 Å². The number of carbonyl (C=O) groups excluding carboxylic acids is 2. The molecule has 0 aliphatic rings. The first-order valence-corrected chi connectivity index (χ1v) is 8.21. The second-order valence-corrected chi connectivity index (χ2v) is 5.76. The van der Waals surface area contributed by atoms with E-state index in [2.05, 4.69) is 15.6 Å². The summed E-state index contributed by atoms with van der Waals surface area (Å²) in [4.78, 5) is 27.0. The molecule has 0 atom stereocenters. The Balaban J connectivity index is 1.91. The van der Waals surface area contributed by atoms with Crippen molar-refractivity contribution >= 4 is 11.8 Å². The first-order valence-electron chi connectivity index (χ1n) is 8.21. The van der Waals surface area contributed by atoms with Crippen molar-refractivity contribution < 1.29 is 14.3 Å². The van der Waals surface area contributed by atoms with Gasteiger partial charge in [0.1, 0.15) is 5.75 Å². The normalized spacial score (nSPS) is 10.2. The summed E-state index contributed by atoms with van der Waals surface area (Å²) in [5, 5.41) is 5.28. The van der Waals surface area contributed by atoms with Crippen LogP contribution < -0.4 is 15.4 Å². The van der Waals surface area contributed by atoms with Crippen molar-refractivity contribution in [3.63, 3.8) is 0 Å². The van der Waals surface area contributed by atoms with Crippen LogP contribution in [0.2, 0.25) is 0 Å². The molecule has 25 heavy (non-hydrogen) atoms. The van der Waals surface area contributed by atoms with Crippen molar-refractivity contribution in [2.45, 2.75) is 33.7 Å². The van der Waals surface area contributed by atoms with E-state index in [1.54, 1.807) is 25.3 Å². The number of aryl methyl sites for hydroxylation is 2. The molecule has 6 heteroatoms. The van der Waals surface area contributed by atoms with Gasteiger partial charge in [-0.15, -0.1) is 0 Å². The highest BCUT2D eigenvalue weighted by molar-refractivity contribution is 5.84. The van der Waals surface area contributed by atoms with Crippen LogP contribution in [0.5, 0.6) is 11.6 Å². The van der Waals surface area contributed by atoms with Gasteiger partial charge in [-0.2, -0.15) is 0 Å². The number of ether oxygens (including phenoxy) is 1. The number of aromatic nitrogens is 1. The van der Waals surface area contributed by atoms with Crippen molar-refractivity contribution in [2.24, 2.45) is 0 Å². The highest BCUT2D eigenvalue weighted by Gasteiger charge is 2.06. The van der Waals surface area contributed by atoms with Gasteiger partial charge >= 0.3 is 0 Å². The van der Waals surface area contributed by atoms with E-state index in [0.717, 1.165) is 16.9 Å². The quantitative estimate of drug-likeness (QED) is 0.811. The van der Waals surface area contributed by atoms with Crippen molar-refractivity contribution in [3.05, 3.63) is 53.2 Å². The SMILES string of the molecule is CCC(=O)NCC(=O)NCc1ccnc(Oc2ccc(C)c(C)c2)c1. The molecule has 6 nitrogen and oxygen atoms in total. The third kappa shape index (κ3) is 5.91. The molecule has 0 fully saturated rings. The number of benzene rings is 1. The van der Waals surface area contributed by atoms with E-state index in [1.165, 1.54) is 5.56 Å². The minimum atomic E-state index is -0.241. The number of nitrogens with one attached hydrogen (secondary N) is 2. The second-order valence-electron chi connectivity index (χ2n) is 5.76. The molecule has 0 aliphatic heterocycles. The highest BCUT2D eigenvalue weighted by Crippen LogP contribution is 2.22. The number of rotatable bonds is 7. The third-order valence-corrected chi connectivity index (χ3v) is 3.76. The molecule has 0 saturated heterocycles. The van der Waals surface area contributed by atoms with Gasteiger partial charge in [0.2, 0.25) is 17.7 Å². The summed E-state index contributed by atoms with van der Waals surface area (Å²) >= 11 is 0. The summed E-state index contributed by atoms with van der Waals surface area (Å²) in [5.41, 5.74) is 3.21. The summed E-state index contributed by atoms with van der Waals surface area (Å²) in [7, 11) is 0. The molecule has 2 amide bonds. The van der Waals surface area contributed by atoms with Crippen LogP contribution >= 0.6 is 0 Å². The minimum Gasteiger partial charge on any atom is -0.439 e. The fraction of sp³-hybridized carbons (Fsp3) is 0.316. The monoisotopic (exact) mass is 341 g/mol. The summed E-state index contributed by atoms with van der Waals surface area (Å²) in [5.74, 6) is 0.798. The summed E-state index contributed by atoms with van der Waals surface area (Å²) < 4.78 is 5.77. The van der Waals surface area contributed by atoms with Gasteiger partial charge in [-0.1, -0.05) is 13.0 Å². The first kappa shape index (κ1) is 18.4. The minimum absolute atomic E-state index is 0.0241. The maximum atomic E-state index is 11.7. The molecule has 0 unspecified atom stereocenters. The zero-order valence-corrected chi connectivity index (χ0v) is 14.8.